The fourth-order valence-electron chi connectivity index (χ4n) is 4.40. The van der Waals surface area contributed by atoms with Crippen LogP contribution in [0, 0.1) is 0 Å². The third-order valence-electron chi connectivity index (χ3n) is 5.93. The van der Waals surface area contributed by atoms with E-state index in [-0.39, 0.29) is 6.71 Å². The van der Waals surface area contributed by atoms with Gasteiger partial charge in [-0.15, -0.1) is 0 Å². The monoisotopic (exact) mass is 324 g/mol. The van der Waals surface area contributed by atoms with Gasteiger partial charge in [-0.2, -0.15) is 0 Å². The van der Waals surface area contributed by atoms with Gasteiger partial charge in [0.25, 0.3) is 0 Å². The quantitative estimate of drug-likeness (QED) is 0.404. The molecule has 25 heavy (non-hydrogen) atoms. The van der Waals surface area contributed by atoms with Crippen LogP contribution in [-0.4, -0.2) is 16.7 Å². The van der Waals surface area contributed by atoms with Gasteiger partial charge in [0.2, 0.25) is 0 Å². The van der Waals surface area contributed by atoms with Crippen molar-refractivity contribution in [2.24, 2.45) is 0 Å². The summed E-state index contributed by atoms with van der Waals surface area (Å²) < 4.78 is 12.4. The molecule has 0 spiro atoms. The van der Waals surface area contributed by atoms with Crippen molar-refractivity contribution in [3.8, 4) is 23.0 Å². The lowest BCUT2D eigenvalue weighted by molar-refractivity contribution is 0.459. The van der Waals surface area contributed by atoms with Gasteiger partial charge < -0.3 is 9.47 Å². The third kappa shape index (κ3) is 1.46. The van der Waals surface area contributed by atoms with Crippen LogP contribution < -0.4 is 26.1 Å². The van der Waals surface area contributed by atoms with Crippen LogP contribution in [0.4, 0.5) is 0 Å². The summed E-state index contributed by atoms with van der Waals surface area (Å²) in [5.41, 5.74) is 8.11. The van der Waals surface area contributed by atoms with Crippen molar-refractivity contribution in [1.82, 2.24) is 9.97 Å². The maximum atomic E-state index is 6.21. The third-order valence-corrected chi connectivity index (χ3v) is 5.93. The number of aryl methyl sites for hydroxylation is 4. The van der Waals surface area contributed by atoms with E-state index in [2.05, 4.69) is 12.1 Å². The number of pyridine rings is 2. The first-order valence-electron chi connectivity index (χ1n) is 8.89. The number of rotatable bonds is 0. The summed E-state index contributed by atoms with van der Waals surface area (Å²) in [6.45, 7) is 0.00972. The van der Waals surface area contributed by atoms with Crippen molar-refractivity contribution in [2.75, 3.05) is 0 Å². The molecule has 4 heterocycles. The van der Waals surface area contributed by atoms with Crippen LogP contribution in [0.2, 0.25) is 0 Å². The molecule has 0 atom stereocenters. The van der Waals surface area contributed by atoms with Crippen molar-refractivity contribution >= 4 is 23.4 Å². The normalized spacial score (nSPS) is 16.7. The van der Waals surface area contributed by atoms with Crippen molar-refractivity contribution in [2.45, 2.75) is 25.7 Å². The predicted molar refractivity (Wildman–Crippen MR) is 94.5 cm³/mol. The number of fused-ring (bicyclic) bond motifs is 6. The van der Waals surface area contributed by atoms with Crippen LogP contribution in [0.1, 0.15) is 22.5 Å². The zero-order valence-electron chi connectivity index (χ0n) is 13.5. The van der Waals surface area contributed by atoms with E-state index in [0.717, 1.165) is 65.3 Å². The first-order chi connectivity index (χ1) is 12.3. The standard InChI is InChI=1S/C20H13BN2O2/c1-2-14-18-15(3-1)25-17-9-11-5-7-13(11)23-20(17)21(18)19-16(24-14)8-10-4-6-12(10)22-19/h1-3,8-9H,4-7H2. The fraction of sp³-hybridized carbons (Fsp3) is 0.200. The highest BCUT2D eigenvalue weighted by Crippen LogP contribution is 2.36. The Balaban J connectivity index is 1.56. The second-order valence-electron chi connectivity index (χ2n) is 7.26. The van der Waals surface area contributed by atoms with E-state index in [0.29, 0.717) is 0 Å². The highest BCUT2D eigenvalue weighted by molar-refractivity contribution is 6.97. The second-order valence-corrected chi connectivity index (χ2v) is 7.26. The zero-order chi connectivity index (χ0) is 16.1. The first kappa shape index (κ1) is 12.5. The van der Waals surface area contributed by atoms with E-state index in [1.54, 1.807) is 0 Å². The molecule has 0 unspecified atom stereocenters. The Labute approximate surface area is 144 Å². The highest BCUT2D eigenvalue weighted by Gasteiger charge is 2.44. The van der Waals surface area contributed by atoms with Gasteiger partial charge in [-0.25, -0.2) is 0 Å². The number of aromatic nitrogens is 2. The van der Waals surface area contributed by atoms with Gasteiger partial charge in [-0.1, -0.05) is 6.07 Å². The molecule has 7 rings (SSSR count). The van der Waals surface area contributed by atoms with Gasteiger partial charge in [0, 0.05) is 16.9 Å². The van der Waals surface area contributed by atoms with Crippen LogP contribution in [0.5, 0.6) is 23.0 Å². The Morgan fingerprint density at radius 1 is 0.720 bits per heavy atom. The largest absolute Gasteiger partial charge is 0.457 e. The maximum Gasteiger partial charge on any atom is 0.307 e. The molecule has 2 aliphatic carbocycles. The van der Waals surface area contributed by atoms with Crippen LogP contribution in [0.15, 0.2) is 30.3 Å². The molecular weight excluding hydrogens is 311 g/mol. The molecule has 118 valence electrons. The molecule has 0 fully saturated rings. The summed E-state index contributed by atoms with van der Waals surface area (Å²) in [6, 6.07) is 10.4. The number of ether oxygens (including phenoxy) is 2. The summed E-state index contributed by atoms with van der Waals surface area (Å²) in [5.74, 6) is 3.49. The minimum atomic E-state index is 0.00972. The summed E-state index contributed by atoms with van der Waals surface area (Å²) in [4.78, 5) is 9.95. The Kier molecular flexibility index (Phi) is 2.03. The van der Waals surface area contributed by atoms with Gasteiger partial charge in [0.1, 0.15) is 23.0 Å². The van der Waals surface area contributed by atoms with Gasteiger partial charge in [-0.3, -0.25) is 9.97 Å². The smallest absolute Gasteiger partial charge is 0.307 e. The fourth-order valence-corrected chi connectivity index (χ4v) is 4.40. The molecule has 2 aliphatic heterocycles. The molecule has 0 saturated carbocycles. The van der Waals surface area contributed by atoms with E-state index in [1.807, 2.05) is 18.2 Å². The molecule has 2 aromatic heterocycles. The van der Waals surface area contributed by atoms with Crippen LogP contribution in [-0.2, 0) is 25.7 Å². The lowest BCUT2D eigenvalue weighted by Crippen LogP contribution is -2.60. The Hall–Kier alpha value is -2.82. The molecule has 4 nitrogen and oxygen atoms in total. The molecule has 0 saturated heterocycles. The minimum absolute atomic E-state index is 0.00972. The maximum absolute atomic E-state index is 6.21. The minimum Gasteiger partial charge on any atom is -0.457 e. The van der Waals surface area contributed by atoms with Crippen molar-refractivity contribution in [1.29, 1.82) is 0 Å². The van der Waals surface area contributed by atoms with E-state index in [1.165, 1.54) is 22.5 Å². The second kappa shape index (κ2) is 4.05. The van der Waals surface area contributed by atoms with Gasteiger partial charge in [0.05, 0.1) is 11.2 Å². The van der Waals surface area contributed by atoms with Crippen LogP contribution >= 0.6 is 0 Å². The van der Waals surface area contributed by atoms with E-state index in [4.69, 9.17) is 19.4 Å². The molecule has 5 heteroatoms. The lowest BCUT2D eigenvalue weighted by Gasteiger charge is -2.34. The molecule has 0 N–H and O–H groups in total. The molecule has 3 aromatic rings. The Bertz CT molecular complexity index is 1040. The number of benzene rings is 1. The average molecular weight is 324 g/mol. The number of hydrogen-bond donors (Lipinski definition) is 0. The SMILES string of the molecule is c1cc2c3c(c1)Oc1cc4c(nc1B3c1nc3c(cc1O2)CC3)CC4. The van der Waals surface area contributed by atoms with Gasteiger partial charge >= 0.3 is 6.71 Å². The Morgan fingerprint density at radius 3 is 1.76 bits per heavy atom. The number of hydrogen-bond acceptors (Lipinski definition) is 4. The molecule has 0 bridgehead atoms. The molecule has 0 radical (unpaired) electrons. The summed E-state index contributed by atoms with van der Waals surface area (Å²) in [6.07, 6.45) is 4.32. The van der Waals surface area contributed by atoms with Crippen molar-refractivity contribution in [3.63, 3.8) is 0 Å². The van der Waals surface area contributed by atoms with Gasteiger partial charge in [0.15, 0.2) is 0 Å². The van der Waals surface area contributed by atoms with Crippen molar-refractivity contribution in [3.05, 3.63) is 52.8 Å². The Morgan fingerprint density at radius 2 is 1.28 bits per heavy atom. The highest BCUT2D eigenvalue weighted by atomic mass is 16.5. The molecule has 0 amide bonds. The first-order valence-corrected chi connectivity index (χ1v) is 8.89. The molecular formula is C20H13BN2O2. The number of nitrogens with zero attached hydrogens (tertiary/aromatic N) is 2. The van der Waals surface area contributed by atoms with Crippen LogP contribution in [0.25, 0.3) is 0 Å². The van der Waals surface area contributed by atoms with E-state index < -0.39 is 0 Å². The van der Waals surface area contributed by atoms with Crippen LogP contribution in [0.3, 0.4) is 0 Å². The van der Waals surface area contributed by atoms with E-state index in [9.17, 15) is 0 Å². The topological polar surface area (TPSA) is 44.2 Å². The van der Waals surface area contributed by atoms with Gasteiger partial charge in [-0.05, 0) is 61.1 Å². The summed E-state index contributed by atoms with van der Waals surface area (Å²) in [5, 5.41) is 0. The molecule has 1 aromatic carbocycles. The lowest BCUT2D eigenvalue weighted by atomic mass is 9.37. The molecule has 4 aliphatic rings. The summed E-state index contributed by atoms with van der Waals surface area (Å²) in [7, 11) is 0. The predicted octanol–water partition coefficient (Wildman–Crippen LogP) is 1.40. The zero-order valence-corrected chi connectivity index (χ0v) is 13.5. The summed E-state index contributed by atoms with van der Waals surface area (Å²) >= 11 is 0. The average Bonchev–Trinajstić information content (AvgIpc) is 2.59. The van der Waals surface area contributed by atoms with Crippen molar-refractivity contribution < 1.29 is 9.47 Å². The van der Waals surface area contributed by atoms with E-state index >= 15 is 0 Å².